The molecule has 0 aliphatic carbocycles. The minimum absolute atomic E-state index is 0.184. The molecule has 3 rings (SSSR count). The van der Waals surface area contributed by atoms with Gasteiger partial charge in [0.1, 0.15) is 10.9 Å². The highest BCUT2D eigenvalue weighted by molar-refractivity contribution is 8.26. The fourth-order valence-electron chi connectivity index (χ4n) is 2.66. The normalized spacial score (nSPS) is 15.0. The van der Waals surface area contributed by atoms with Crippen LogP contribution in [-0.4, -0.2) is 34.2 Å². The summed E-state index contributed by atoms with van der Waals surface area (Å²) >= 11 is 12.0. The van der Waals surface area contributed by atoms with Crippen LogP contribution in [0.1, 0.15) is 18.1 Å². The Balaban J connectivity index is 1.78. The monoisotopic (exact) mass is 462 g/mol. The minimum atomic E-state index is -1.37. The Hall–Kier alpha value is -2.55. The summed E-state index contributed by atoms with van der Waals surface area (Å²) in [6.45, 7) is 2.08. The number of carboxylic acid groups (broad SMARTS) is 1. The number of amides is 1. The SMILES string of the molecule is CCOc1cc(/C=C2/SC(=S)N(CC(=O)[O-])C2=O)ccc1OCc1ccc(Cl)cc1. The molecular formula is C21H17ClNO5S2-. The molecule has 9 heteroatoms. The summed E-state index contributed by atoms with van der Waals surface area (Å²) in [4.78, 5) is 24.6. The van der Waals surface area contributed by atoms with Crippen LogP contribution in [0.25, 0.3) is 6.08 Å². The number of ether oxygens (including phenoxy) is 2. The standard InChI is InChI=1S/C21H18ClNO5S2/c1-2-27-17-9-14(10-18-20(26)23(11-19(24)25)21(29)30-18)5-8-16(17)28-12-13-3-6-15(22)7-4-13/h3-10H,2,11-12H2,1H3,(H,24,25)/p-1/b18-10+. The molecule has 1 heterocycles. The first-order valence-electron chi connectivity index (χ1n) is 8.96. The predicted molar refractivity (Wildman–Crippen MR) is 118 cm³/mol. The summed E-state index contributed by atoms with van der Waals surface area (Å²) in [7, 11) is 0. The quantitative estimate of drug-likeness (QED) is 0.440. The summed E-state index contributed by atoms with van der Waals surface area (Å²) in [6, 6.07) is 12.6. The minimum Gasteiger partial charge on any atom is -0.548 e. The van der Waals surface area contributed by atoms with E-state index in [1.54, 1.807) is 36.4 Å². The molecule has 0 atom stereocenters. The maximum absolute atomic E-state index is 12.4. The summed E-state index contributed by atoms with van der Waals surface area (Å²) in [5.41, 5.74) is 1.66. The van der Waals surface area contributed by atoms with Gasteiger partial charge in [-0.25, -0.2) is 0 Å². The Kier molecular flexibility index (Phi) is 7.36. The average Bonchev–Trinajstić information content (AvgIpc) is 2.96. The molecule has 2 aromatic carbocycles. The lowest BCUT2D eigenvalue weighted by molar-refractivity contribution is -0.305. The lowest BCUT2D eigenvalue weighted by Gasteiger charge is -2.14. The van der Waals surface area contributed by atoms with Crippen LogP contribution in [0.15, 0.2) is 47.4 Å². The highest BCUT2D eigenvalue weighted by Crippen LogP contribution is 2.35. The second kappa shape index (κ2) is 9.97. The largest absolute Gasteiger partial charge is 0.548 e. The van der Waals surface area contributed by atoms with E-state index in [-0.39, 0.29) is 4.32 Å². The molecule has 1 aliphatic heterocycles. The Labute approximate surface area is 188 Å². The number of thioether (sulfide) groups is 1. The van der Waals surface area contributed by atoms with Gasteiger partial charge in [-0.05, 0) is 48.4 Å². The fourth-order valence-corrected chi connectivity index (χ4v) is 4.04. The van der Waals surface area contributed by atoms with Crippen molar-refractivity contribution in [3.05, 3.63) is 63.5 Å². The Morgan fingerprint density at radius 1 is 1.20 bits per heavy atom. The van der Waals surface area contributed by atoms with Crippen molar-refractivity contribution in [3.63, 3.8) is 0 Å². The number of benzene rings is 2. The second-order valence-electron chi connectivity index (χ2n) is 6.19. The molecular weight excluding hydrogens is 446 g/mol. The van der Waals surface area contributed by atoms with Crippen LogP contribution >= 0.6 is 35.6 Å². The molecule has 0 aromatic heterocycles. The first kappa shape index (κ1) is 22.1. The van der Waals surface area contributed by atoms with Gasteiger partial charge in [0.2, 0.25) is 0 Å². The van der Waals surface area contributed by atoms with Gasteiger partial charge in [0.25, 0.3) is 5.91 Å². The van der Waals surface area contributed by atoms with Crippen LogP contribution in [0.5, 0.6) is 11.5 Å². The first-order valence-corrected chi connectivity index (χ1v) is 10.6. The van der Waals surface area contributed by atoms with E-state index in [1.165, 1.54) is 0 Å². The van der Waals surface area contributed by atoms with E-state index in [0.29, 0.717) is 40.2 Å². The van der Waals surface area contributed by atoms with Crippen LogP contribution in [0, 0.1) is 0 Å². The third kappa shape index (κ3) is 5.53. The number of carbonyl (C=O) groups is 2. The van der Waals surface area contributed by atoms with Crippen LogP contribution in [0.4, 0.5) is 0 Å². The van der Waals surface area contributed by atoms with Crippen molar-refractivity contribution in [2.45, 2.75) is 13.5 Å². The van der Waals surface area contributed by atoms with E-state index < -0.39 is 18.4 Å². The third-order valence-corrected chi connectivity index (χ3v) is 5.66. The summed E-state index contributed by atoms with van der Waals surface area (Å²) in [5.74, 6) is -0.734. The zero-order valence-corrected chi connectivity index (χ0v) is 18.3. The lowest BCUT2D eigenvalue weighted by atomic mass is 10.1. The number of halogens is 1. The zero-order valence-electron chi connectivity index (χ0n) is 15.9. The molecule has 30 heavy (non-hydrogen) atoms. The van der Waals surface area contributed by atoms with Gasteiger partial charge in [-0.1, -0.05) is 53.8 Å². The Morgan fingerprint density at radius 2 is 1.93 bits per heavy atom. The van der Waals surface area contributed by atoms with Crippen molar-refractivity contribution in [3.8, 4) is 11.5 Å². The number of rotatable bonds is 8. The van der Waals surface area contributed by atoms with Crippen LogP contribution in [0.2, 0.25) is 5.02 Å². The molecule has 6 nitrogen and oxygen atoms in total. The van der Waals surface area contributed by atoms with Crippen molar-refractivity contribution < 1.29 is 24.2 Å². The topological polar surface area (TPSA) is 78.9 Å². The van der Waals surface area contributed by atoms with Gasteiger partial charge in [-0.15, -0.1) is 0 Å². The number of aliphatic carboxylic acids is 1. The smallest absolute Gasteiger partial charge is 0.266 e. The molecule has 0 unspecified atom stereocenters. The van der Waals surface area contributed by atoms with Gasteiger partial charge < -0.3 is 19.4 Å². The van der Waals surface area contributed by atoms with Gasteiger partial charge in [0.15, 0.2) is 11.5 Å². The van der Waals surface area contributed by atoms with Gasteiger partial charge in [-0.3, -0.25) is 9.69 Å². The summed E-state index contributed by atoms with van der Waals surface area (Å²) < 4.78 is 11.7. The molecule has 1 saturated heterocycles. The average molecular weight is 463 g/mol. The summed E-state index contributed by atoms with van der Waals surface area (Å²) in [6.07, 6.45) is 1.64. The van der Waals surface area contributed by atoms with Crippen LogP contribution in [-0.2, 0) is 16.2 Å². The molecule has 0 saturated carbocycles. The van der Waals surface area contributed by atoms with Crippen LogP contribution < -0.4 is 14.6 Å². The molecule has 0 radical (unpaired) electrons. The van der Waals surface area contributed by atoms with Gasteiger partial charge in [0.05, 0.1) is 24.0 Å². The van der Waals surface area contributed by atoms with E-state index in [2.05, 4.69) is 0 Å². The molecule has 156 valence electrons. The zero-order chi connectivity index (χ0) is 21.7. The molecule has 1 aliphatic rings. The highest BCUT2D eigenvalue weighted by Gasteiger charge is 2.31. The van der Waals surface area contributed by atoms with E-state index in [9.17, 15) is 14.7 Å². The molecule has 1 fully saturated rings. The number of hydrogen-bond donors (Lipinski definition) is 0. The summed E-state index contributed by atoms with van der Waals surface area (Å²) in [5, 5.41) is 11.5. The predicted octanol–water partition coefficient (Wildman–Crippen LogP) is 3.27. The van der Waals surface area contributed by atoms with Crippen molar-refractivity contribution in [2.24, 2.45) is 0 Å². The first-order chi connectivity index (χ1) is 14.4. The maximum atomic E-state index is 12.4. The van der Waals surface area contributed by atoms with Gasteiger partial charge in [-0.2, -0.15) is 0 Å². The Bertz CT molecular complexity index is 1010. The maximum Gasteiger partial charge on any atom is 0.266 e. The number of carboxylic acids is 1. The van der Waals surface area contributed by atoms with Crippen molar-refractivity contribution >= 4 is 57.9 Å². The van der Waals surface area contributed by atoms with E-state index in [1.807, 2.05) is 19.1 Å². The number of nitrogens with zero attached hydrogens (tertiary/aromatic N) is 1. The Morgan fingerprint density at radius 3 is 2.60 bits per heavy atom. The van der Waals surface area contributed by atoms with Crippen molar-refractivity contribution in [1.29, 1.82) is 0 Å². The molecule has 1 amide bonds. The fraction of sp³-hybridized carbons (Fsp3) is 0.190. The number of carbonyl (C=O) groups excluding carboxylic acids is 2. The third-order valence-electron chi connectivity index (χ3n) is 4.03. The molecule has 0 spiro atoms. The number of hydrogen-bond acceptors (Lipinski definition) is 7. The van der Waals surface area contributed by atoms with E-state index in [0.717, 1.165) is 22.2 Å². The van der Waals surface area contributed by atoms with E-state index >= 15 is 0 Å². The van der Waals surface area contributed by atoms with Crippen molar-refractivity contribution in [1.82, 2.24) is 4.90 Å². The van der Waals surface area contributed by atoms with E-state index in [4.69, 9.17) is 33.3 Å². The lowest BCUT2D eigenvalue weighted by Crippen LogP contribution is -2.40. The molecule has 2 aromatic rings. The van der Waals surface area contributed by atoms with Gasteiger partial charge >= 0.3 is 0 Å². The van der Waals surface area contributed by atoms with Gasteiger partial charge in [0, 0.05) is 5.02 Å². The van der Waals surface area contributed by atoms with Crippen LogP contribution in [0.3, 0.4) is 0 Å². The second-order valence-corrected chi connectivity index (χ2v) is 8.31. The molecule has 0 bridgehead atoms. The molecule has 0 N–H and O–H groups in total. The highest BCUT2D eigenvalue weighted by atomic mass is 35.5. The van der Waals surface area contributed by atoms with Crippen molar-refractivity contribution in [2.75, 3.05) is 13.2 Å². The number of thiocarbonyl (C=S) groups is 1.